The molecule has 2 aliphatic carbocycles. The lowest BCUT2D eigenvalue weighted by Crippen LogP contribution is -2.54. The van der Waals surface area contributed by atoms with E-state index in [9.17, 15) is 4.79 Å². The summed E-state index contributed by atoms with van der Waals surface area (Å²) in [7, 11) is 0. The fourth-order valence-electron chi connectivity index (χ4n) is 5.06. The molecule has 1 aromatic rings. The fourth-order valence-corrected chi connectivity index (χ4v) is 5.06. The molecule has 2 heteroatoms. The summed E-state index contributed by atoms with van der Waals surface area (Å²) in [4.78, 5) is 11.0. The first-order valence-electron chi connectivity index (χ1n) is 8.65. The largest absolute Gasteiger partial charge is 0.461 e. The van der Waals surface area contributed by atoms with Crippen LogP contribution in [0.4, 0.5) is 0 Å². The zero-order chi connectivity index (χ0) is 16.0. The van der Waals surface area contributed by atoms with Crippen LogP contribution in [0.2, 0.25) is 0 Å². The molecule has 120 valence electrons. The normalized spacial score (nSPS) is 34.0. The van der Waals surface area contributed by atoms with Gasteiger partial charge in [0.15, 0.2) is 0 Å². The van der Waals surface area contributed by atoms with Crippen molar-refractivity contribution in [2.24, 2.45) is 5.92 Å². The van der Waals surface area contributed by atoms with Crippen LogP contribution in [0, 0.1) is 5.92 Å². The minimum atomic E-state index is -0.302. The monoisotopic (exact) mass is 300 g/mol. The van der Waals surface area contributed by atoms with Crippen molar-refractivity contribution in [3.8, 4) is 0 Å². The van der Waals surface area contributed by atoms with Gasteiger partial charge >= 0.3 is 0 Å². The van der Waals surface area contributed by atoms with Crippen molar-refractivity contribution in [1.82, 2.24) is 0 Å². The van der Waals surface area contributed by atoms with Crippen LogP contribution in [0.25, 0.3) is 0 Å². The highest BCUT2D eigenvalue weighted by molar-refractivity contribution is 5.44. The maximum absolute atomic E-state index is 11.0. The second-order valence-corrected chi connectivity index (χ2v) is 7.96. The Kier molecular flexibility index (Phi) is 3.82. The van der Waals surface area contributed by atoms with Crippen LogP contribution in [0.15, 0.2) is 18.2 Å². The van der Waals surface area contributed by atoms with E-state index in [0.29, 0.717) is 18.3 Å². The predicted octanol–water partition coefficient (Wildman–Crippen LogP) is 4.75. The number of ether oxygens (including phenoxy) is 1. The van der Waals surface area contributed by atoms with E-state index in [4.69, 9.17) is 4.74 Å². The Morgan fingerprint density at radius 2 is 2.05 bits per heavy atom. The van der Waals surface area contributed by atoms with Crippen LogP contribution in [-0.4, -0.2) is 12.1 Å². The minimum absolute atomic E-state index is 0.138. The third-order valence-electron chi connectivity index (χ3n) is 6.31. The first-order chi connectivity index (χ1) is 10.4. The van der Waals surface area contributed by atoms with Crippen molar-refractivity contribution in [2.45, 2.75) is 76.7 Å². The van der Waals surface area contributed by atoms with E-state index in [1.54, 1.807) is 0 Å². The summed E-state index contributed by atoms with van der Waals surface area (Å²) in [5, 5.41) is 0. The highest BCUT2D eigenvalue weighted by Crippen LogP contribution is 2.54. The van der Waals surface area contributed by atoms with E-state index in [-0.39, 0.29) is 11.0 Å². The maximum Gasteiger partial charge on any atom is 0.293 e. The van der Waals surface area contributed by atoms with Gasteiger partial charge in [0.25, 0.3) is 6.47 Å². The molecule has 3 rings (SSSR count). The molecule has 1 saturated carbocycles. The quantitative estimate of drug-likeness (QED) is 0.753. The standard InChI is InChI=1S/C20H28O2/c1-14(2)15-6-8-17-16(12-15)7-9-18-19(17,3)10-5-11-20(18,4)22-13-21/h6,8,12-14,18H,5,7,9-11H2,1-4H3/t18-,19-,20-/m1/s1. The zero-order valence-corrected chi connectivity index (χ0v) is 14.3. The van der Waals surface area contributed by atoms with Crippen LogP contribution in [0.3, 0.4) is 0 Å². The number of carbonyl (C=O) groups is 1. The van der Waals surface area contributed by atoms with Crippen molar-refractivity contribution < 1.29 is 9.53 Å². The number of carbonyl (C=O) groups excluding carboxylic acids is 1. The van der Waals surface area contributed by atoms with Crippen molar-refractivity contribution in [3.63, 3.8) is 0 Å². The lowest BCUT2D eigenvalue weighted by atomic mass is 9.53. The predicted molar refractivity (Wildman–Crippen MR) is 89.1 cm³/mol. The molecule has 0 spiro atoms. The van der Waals surface area contributed by atoms with Gasteiger partial charge in [0.2, 0.25) is 0 Å². The summed E-state index contributed by atoms with van der Waals surface area (Å²) >= 11 is 0. The molecule has 1 fully saturated rings. The summed E-state index contributed by atoms with van der Waals surface area (Å²) in [6, 6.07) is 7.06. The third kappa shape index (κ3) is 2.28. The van der Waals surface area contributed by atoms with Gasteiger partial charge in [0.1, 0.15) is 5.60 Å². The summed E-state index contributed by atoms with van der Waals surface area (Å²) in [5.74, 6) is 1.00. The number of rotatable bonds is 3. The van der Waals surface area contributed by atoms with E-state index in [2.05, 4.69) is 45.9 Å². The van der Waals surface area contributed by atoms with E-state index in [1.165, 1.54) is 23.1 Å². The molecule has 0 aliphatic heterocycles. The van der Waals surface area contributed by atoms with Gasteiger partial charge in [-0.3, -0.25) is 4.79 Å². The smallest absolute Gasteiger partial charge is 0.293 e. The maximum atomic E-state index is 11.0. The second kappa shape index (κ2) is 5.40. The van der Waals surface area contributed by atoms with Gasteiger partial charge in [-0.1, -0.05) is 39.0 Å². The van der Waals surface area contributed by atoms with Crippen LogP contribution in [-0.2, 0) is 21.4 Å². The molecule has 1 aromatic carbocycles. The molecule has 2 nitrogen and oxygen atoms in total. The number of benzene rings is 1. The number of hydrogen-bond acceptors (Lipinski definition) is 2. The third-order valence-corrected chi connectivity index (χ3v) is 6.31. The highest BCUT2D eigenvalue weighted by Gasteiger charge is 2.53. The lowest BCUT2D eigenvalue weighted by molar-refractivity contribution is -0.158. The Balaban J connectivity index is 2.03. The van der Waals surface area contributed by atoms with E-state index in [1.807, 2.05) is 0 Å². The molecule has 0 radical (unpaired) electrons. The molecule has 0 N–H and O–H groups in total. The number of hydrogen-bond donors (Lipinski definition) is 0. The zero-order valence-electron chi connectivity index (χ0n) is 14.3. The molecule has 2 aliphatic rings. The lowest BCUT2D eigenvalue weighted by Gasteiger charge is -2.54. The average molecular weight is 300 g/mol. The second-order valence-electron chi connectivity index (χ2n) is 7.96. The van der Waals surface area contributed by atoms with Crippen molar-refractivity contribution >= 4 is 6.47 Å². The Morgan fingerprint density at radius 3 is 2.73 bits per heavy atom. The van der Waals surface area contributed by atoms with Crippen LogP contribution >= 0.6 is 0 Å². The summed E-state index contributed by atoms with van der Waals surface area (Å²) in [5.41, 5.74) is 4.28. The molecular formula is C20H28O2. The summed E-state index contributed by atoms with van der Waals surface area (Å²) in [6.45, 7) is 9.69. The van der Waals surface area contributed by atoms with Gasteiger partial charge < -0.3 is 4.74 Å². The molecule has 0 saturated heterocycles. The Morgan fingerprint density at radius 1 is 1.27 bits per heavy atom. The van der Waals surface area contributed by atoms with Gasteiger partial charge in [-0.25, -0.2) is 0 Å². The van der Waals surface area contributed by atoms with Gasteiger partial charge in [-0.15, -0.1) is 0 Å². The minimum Gasteiger partial charge on any atom is -0.461 e. The van der Waals surface area contributed by atoms with Gasteiger partial charge in [0, 0.05) is 5.92 Å². The first kappa shape index (κ1) is 15.6. The highest BCUT2D eigenvalue weighted by atomic mass is 16.5. The van der Waals surface area contributed by atoms with Crippen LogP contribution in [0.5, 0.6) is 0 Å². The van der Waals surface area contributed by atoms with Crippen LogP contribution in [0.1, 0.15) is 76.0 Å². The first-order valence-corrected chi connectivity index (χ1v) is 8.65. The molecular weight excluding hydrogens is 272 g/mol. The molecule has 0 unspecified atom stereocenters. The van der Waals surface area contributed by atoms with E-state index < -0.39 is 0 Å². The van der Waals surface area contributed by atoms with Gasteiger partial charge in [-0.05, 0) is 67.1 Å². The molecule has 3 atom stereocenters. The number of aryl methyl sites for hydroxylation is 1. The Bertz CT molecular complexity index is 577. The van der Waals surface area contributed by atoms with Gasteiger partial charge in [0.05, 0.1) is 0 Å². The Hall–Kier alpha value is -1.31. The topological polar surface area (TPSA) is 26.3 Å². The Labute approximate surface area is 134 Å². The van der Waals surface area contributed by atoms with Crippen molar-refractivity contribution in [2.75, 3.05) is 0 Å². The molecule has 0 amide bonds. The van der Waals surface area contributed by atoms with E-state index >= 15 is 0 Å². The van der Waals surface area contributed by atoms with E-state index in [0.717, 1.165) is 25.7 Å². The molecule has 0 aromatic heterocycles. The summed E-state index contributed by atoms with van der Waals surface area (Å²) < 4.78 is 5.60. The van der Waals surface area contributed by atoms with Crippen molar-refractivity contribution in [3.05, 3.63) is 34.9 Å². The van der Waals surface area contributed by atoms with Gasteiger partial charge in [-0.2, -0.15) is 0 Å². The molecule has 0 heterocycles. The molecule has 0 bridgehead atoms. The fraction of sp³-hybridized carbons (Fsp3) is 0.650. The van der Waals surface area contributed by atoms with Crippen LogP contribution < -0.4 is 0 Å². The average Bonchev–Trinajstić information content (AvgIpc) is 2.46. The molecule has 22 heavy (non-hydrogen) atoms. The SMILES string of the molecule is CC(C)c1ccc2c(c1)CC[C@H]1[C@](C)(OC=O)CCC[C@]21C. The van der Waals surface area contributed by atoms with Crippen molar-refractivity contribution in [1.29, 1.82) is 0 Å². The number of fused-ring (bicyclic) bond motifs is 3. The summed E-state index contributed by atoms with van der Waals surface area (Å²) in [6.07, 6.45) is 5.54.